The summed E-state index contributed by atoms with van der Waals surface area (Å²) in [5.41, 5.74) is 14.8. The van der Waals surface area contributed by atoms with E-state index in [1.54, 1.807) is 0 Å². The molecule has 0 unspecified atom stereocenters. The van der Waals surface area contributed by atoms with Gasteiger partial charge in [0.05, 0.1) is 5.69 Å². The Bertz CT molecular complexity index is 1960. The van der Waals surface area contributed by atoms with Crippen molar-refractivity contribution >= 4 is 27.8 Å². The van der Waals surface area contributed by atoms with E-state index in [1.807, 2.05) is 0 Å². The first-order valence-corrected chi connectivity index (χ1v) is 15.3. The molecule has 1 heteroatoms. The summed E-state index contributed by atoms with van der Waals surface area (Å²) in [5.74, 6) is 0. The summed E-state index contributed by atoms with van der Waals surface area (Å²) in [7, 11) is 0. The average molecular weight is 542 g/mol. The summed E-state index contributed by atoms with van der Waals surface area (Å²) in [6, 6.07) is 47.5. The van der Waals surface area contributed by atoms with Gasteiger partial charge < -0.3 is 4.90 Å². The standard InChI is InChI=1S/C41H35N/c1-41(2)38-22-11-10-20-35(38)36-26-37(34-21-12-16-29-14-8-9-19-33(29)34)40(27-39(36)41)42(31-17-4-3-5-18-31)32-24-23-28-13-6-7-15-30(28)25-32/h3-7,10-13,15-18,20-27H,8-9,14,19H2,1-2H3. The van der Waals surface area contributed by atoms with Gasteiger partial charge in [-0.15, -0.1) is 0 Å². The first kappa shape index (κ1) is 25.1. The van der Waals surface area contributed by atoms with E-state index in [1.165, 1.54) is 91.6 Å². The molecular weight excluding hydrogens is 506 g/mol. The summed E-state index contributed by atoms with van der Waals surface area (Å²) in [6.07, 6.45) is 4.85. The van der Waals surface area contributed by atoms with Crippen molar-refractivity contribution in [1.82, 2.24) is 0 Å². The second-order valence-electron chi connectivity index (χ2n) is 12.4. The highest BCUT2D eigenvalue weighted by molar-refractivity contribution is 5.97. The van der Waals surface area contributed by atoms with Crippen molar-refractivity contribution in [2.75, 3.05) is 4.90 Å². The van der Waals surface area contributed by atoms with Crippen LogP contribution >= 0.6 is 0 Å². The molecule has 0 heterocycles. The van der Waals surface area contributed by atoms with Crippen LogP contribution in [0.15, 0.2) is 127 Å². The van der Waals surface area contributed by atoms with Crippen LogP contribution in [-0.4, -0.2) is 0 Å². The molecule has 0 amide bonds. The van der Waals surface area contributed by atoms with Crippen LogP contribution in [0.5, 0.6) is 0 Å². The van der Waals surface area contributed by atoms with Crippen LogP contribution in [0.2, 0.25) is 0 Å². The second kappa shape index (κ2) is 9.74. The average Bonchev–Trinajstić information content (AvgIpc) is 3.26. The fourth-order valence-electron chi connectivity index (χ4n) is 7.49. The molecule has 0 radical (unpaired) electrons. The number of benzene rings is 6. The van der Waals surface area contributed by atoms with E-state index in [4.69, 9.17) is 0 Å². The van der Waals surface area contributed by atoms with Crippen LogP contribution in [0.3, 0.4) is 0 Å². The number of hydrogen-bond donors (Lipinski definition) is 0. The minimum absolute atomic E-state index is 0.0823. The van der Waals surface area contributed by atoms with Gasteiger partial charge in [0.1, 0.15) is 0 Å². The Balaban J connectivity index is 1.46. The van der Waals surface area contributed by atoms with Crippen molar-refractivity contribution in [2.45, 2.75) is 44.9 Å². The van der Waals surface area contributed by atoms with Gasteiger partial charge in [-0.25, -0.2) is 0 Å². The first-order valence-electron chi connectivity index (χ1n) is 15.3. The van der Waals surface area contributed by atoms with Crippen molar-refractivity contribution in [3.8, 4) is 22.3 Å². The highest BCUT2D eigenvalue weighted by atomic mass is 15.1. The van der Waals surface area contributed by atoms with Crippen LogP contribution in [0.25, 0.3) is 33.0 Å². The molecule has 0 bridgehead atoms. The second-order valence-corrected chi connectivity index (χ2v) is 12.4. The van der Waals surface area contributed by atoms with Crippen LogP contribution in [0.1, 0.15) is 48.9 Å². The highest BCUT2D eigenvalue weighted by Gasteiger charge is 2.37. The van der Waals surface area contributed by atoms with Crippen LogP contribution < -0.4 is 4.90 Å². The minimum Gasteiger partial charge on any atom is -0.310 e. The van der Waals surface area contributed by atoms with E-state index >= 15 is 0 Å². The largest absolute Gasteiger partial charge is 0.310 e. The molecule has 0 spiro atoms. The zero-order valence-electron chi connectivity index (χ0n) is 24.4. The molecule has 6 aromatic carbocycles. The quantitative estimate of drug-likeness (QED) is 0.214. The summed E-state index contributed by atoms with van der Waals surface area (Å²) in [5, 5.41) is 2.51. The highest BCUT2D eigenvalue weighted by Crippen LogP contribution is 2.54. The Morgan fingerprint density at radius 1 is 0.500 bits per heavy atom. The van der Waals surface area contributed by atoms with Gasteiger partial charge in [-0.2, -0.15) is 0 Å². The zero-order valence-corrected chi connectivity index (χ0v) is 24.4. The number of fused-ring (bicyclic) bond motifs is 5. The molecule has 1 nitrogen and oxygen atoms in total. The number of anilines is 3. The lowest BCUT2D eigenvalue weighted by atomic mass is 9.80. The van der Waals surface area contributed by atoms with Gasteiger partial charge in [0.2, 0.25) is 0 Å². The van der Waals surface area contributed by atoms with Gasteiger partial charge in [0.15, 0.2) is 0 Å². The van der Waals surface area contributed by atoms with E-state index in [-0.39, 0.29) is 5.41 Å². The maximum Gasteiger partial charge on any atom is 0.0543 e. The van der Waals surface area contributed by atoms with Crippen molar-refractivity contribution in [3.63, 3.8) is 0 Å². The van der Waals surface area contributed by atoms with Crippen molar-refractivity contribution in [1.29, 1.82) is 0 Å². The number of rotatable bonds is 4. The lowest BCUT2D eigenvalue weighted by Crippen LogP contribution is -2.17. The molecule has 0 aromatic heterocycles. The molecule has 6 aromatic rings. The number of para-hydroxylation sites is 1. The van der Waals surface area contributed by atoms with Crippen molar-refractivity contribution in [3.05, 3.63) is 150 Å². The molecule has 0 fully saturated rings. The van der Waals surface area contributed by atoms with E-state index < -0.39 is 0 Å². The molecule has 2 aliphatic carbocycles. The number of hydrogen-bond acceptors (Lipinski definition) is 1. The van der Waals surface area contributed by atoms with Gasteiger partial charge in [-0.05, 0) is 112 Å². The molecule has 2 aliphatic rings. The van der Waals surface area contributed by atoms with Crippen molar-refractivity contribution in [2.24, 2.45) is 0 Å². The van der Waals surface area contributed by atoms with E-state index in [2.05, 4.69) is 146 Å². The topological polar surface area (TPSA) is 3.24 Å². The van der Waals surface area contributed by atoms with E-state index in [0.717, 1.165) is 6.42 Å². The smallest absolute Gasteiger partial charge is 0.0543 e. The first-order chi connectivity index (χ1) is 20.6. The lowest BCUT2D eigenvalue weighted by molar-refractivity contribution is 0.660. The SMILES string of the molecule is CC1(C)c2ccccc2-c2cc(-c3cccc4c3CCCC4)c(N(c3ccccc3)c3ccc4ccccc4c3)cc21. The normalized spacial score (nSPS) is 14.7. The molecule has 42 heavy (non-hydrogen) atoms. The minimum atomic E-state index is -0.0823. The van der Waals surface area contributed by atoms with Crippen LogP contribution in [0, 0.1) is 0 Å². The molecule has 0 atom stereocenters. The Morgan fingerprint density at radius 2 is 1.24 bits per heavy atom. The van der Waals surface area contributed by atoms with Crippen LogP contribution in [0.4, 0.5) is 17.1 Å². The fourth-order valence-corrected chi connectivity index (χ4v) is 7.49. The van der Waals surface area contributed by atoms with E-state index in [0.29, 0.717) is 0 Å². The summed E-state index contributed by atoms with van der Waals surface area (Å²) in [6.45, 7) is 4.77. The molecule has 204 valence electrons. The molecule has 0 saturated carbocycles. The molecule has 0 aliphatic heterocycles. The summed E-state index contributed by atoms with van der Waals surface area (Å²) < 4.78 is 0. The number of aryl methyl sites for hydroxylation is 1. The van der Waals surface area contributed by atoms with Crippen molar-refractivity contribution < 1.29 is 0 Å². The third-order valence-corrected chi connectivity index (χ3v) is 9.63. The summed E-state index contributed by atoms with van der Waals surface area (Å²) in [4.78, 5) is 2.49. The molecule has 0 N–H and O–H groups in total. The maximum atomic E-state index is 2.51. The number of nitrogens with zero attached hydrogens (tertiary/aromatic N) is 1. The third kappa shape index (κ3) is 3.91. The van der Waals surface area contributed by atoms with Gasteiger partial charge in [-0.3, -0.25) is 0 Å². The predicted octanol–water partition coefficient (Wildman–Crippen LogP) is 11.2. The Kier molecular flexibility index (Phi) is 5.82. The monoisotopic (exact) mass is 541 g/mol. The Labute approximate surface area is 249 Å². The Morgan fingerprint density at radius 3 is 2.12 bits per heavy atom. The van der Waals surface area contributed by atoms with Gasteiger partial charge in [-0.1, -0.05) is 105 Å². The predicted molar refractivity (Wildman–Crippen MR) is 178 cm³/mol. The van der Waals surface area contributed by atoms with Gasteiger partial charge >= 0.3 is 0 Å². The lowest BCUT2D eigenvalue weighted by Gasteiger charge is -2.31. The third-order valence-electron chi connectivity index (χ3n) is 9.63. The Hall–Kier alpha value is -4.62. The van der Waals surface area contributed by atoms with E-state index in [9.17, 15) is 0 Å². The molecule has 8 rings (SSSR count). The van der Waals surface area contributed by atoms with Gasteiger partial charge in [0.25, 0.3) is 0 Å². The van der Waals surface area contributed by atoms with Crippen LogP contribution in [-0.2, 0) is 18.3 Å². The zero-order chi connectivity index (χ0) is 28.3. The molecule has 0 saturated heterocycles. The summed E-state index contributed by atoms with van der Waals surface area (Å²) >= 11 is 0. The fraction of sp³-hybridized carbons (Fsp3) is 0.171. The maximum absolute atomic E-state index is 2.51. The molecular formula is C41H35N. The van der Waals surface area contributed by atoms with Gasteiger partial charge in [0, 0.05) is 22.4 Å².